The Bertz CT molecular complexity index is 1170. The quantitative estimate of drug-likeness (QED) is 0.435. The van der Waals surface area contributed by atoms with E-state index in [9.17, 15) is 4.79 Å². The second kappa shape index (κ2) is 9.88. The van der Waals surface area contributed by atoms with Gasteiger partial charge in [-0.05, 0) is 55.8 Å². The molecule has 3 aromatic rings. The lowest BCUT2D eigenvalue weighted by molar-refractivity contribution is 0.0770. The molecule has 174 valence electrons. The molecule has 1 saturated heterocycles. The van der Waals surface area contributed by atoms with E-state index in [2.05, 4.69) is 29.9 Å². The van der Waals surface area contributed by atoms with E-state index in [-0.39, 0.29) is 5.91 Å². The van der Waals surface area contributed by atoms with Crippen LogP contribution in [0.2, 0.25) is 10.0 Å². The molecule has 2 heterocycles. The molecule has 5 nitrogen and oxygen atoms in total. The Morgan fingerprint density at radius 2 is 1.76 bits per heavy atom. The largest absolute Gasteiger partial charge is 0.336 e. The Balaban J connectivity index is 1.62. The van der Waals surface area contributed by atoms with Crippen LogP contribution in [0.1, 0.15) is 36.3 Å². The predicted octanol–water partition coefficient (Wildman–Crippen LogP) is 5.93. The van der Waals surface area contributed by atoms with Crippen molar-refractivity contribution in [3.63, 3.8) is 0 Å². The zero-order valence-corrected chi connectivity index (χ0v) is 21.1. The number of rotatable bonds is 6. The van der Waals surface area contributed by atoms with Crippen LogP contribution in [-0.2, 0) is 7.05 Å². The molecule has 4 rings (SSSR count). The van der Waals surface area contributed by atoms with Gasteiger partial charge in [0.15, 0.2) is 5.69 Å². The number of carbonyl (C=O) groups is 1. The fourth-order valence-electron chi connectivity index (χ4n) is 4.87. The summed E-state index contributed by atoms with van der Waals surface area (Å²) in [6.07, 6.45) is 1.01. The summed E-state index contributed by atoms with van der Waals surface area (Å²) in [6, 6.07) is 14.3. The normalized spacial score (nSPS) is 16.1. The van der Waals surface area contributed by atoms with Gasteiger partial charge in [0, 0.05) is 37.3 Å². The molecule has 1 unspecified atom stereocenters. The van der Waals surface area contributed by atoms with Crippen molar-refractivity contribution in [3.8, 4) is 22.4 Å². The number of hydrogen-bond donors (Lipinski definition) is 0. The minimum atomic E-state index is 0.0182. The second-order valence-corrected chi connectivity index (χ2v) is 9.38. The third kappa shape index (κ3) is 4.68. The minimum Gasteiger partial charge on any atom is -0.336 e. The van der Waals surface area contributed by atoms with Gasteiger partial charge in [-0.3, -0.25) is 14.4 Å². The Morgan fingerprint density at radius 1 is 1.06 bits per heavy atom. The third-order valence-corrected chi connectivity index (χ3v) is 7.39. The molecular formula is C26H30Cl2N4O. The van der Waals surface area contributed by atoms with Crippen LogP contribution in [-0.4, -0.2) is 57.7 Å². The molecule has 0 N–H and O–H groups in total. The van der Waals surface area contributed by atoms with Crippen LogP contribution >= 0.6 is 23.2 Å². The maximum absolute atomic E-state index is 13.4. The van der Waals surface area contributed by atoms with Crippen LogP contribution in [0.4, 0.5) is 0 Å². The van der Waals surface area contributed by atoms with Crippen LogP contribution in [0.5, 0.6) is 0 Å². The smallest absolute Gasteiger partial charge is 0.274 e. The molecule has 0 radical (unpaired) electrons. The molecule has 2 aromatic carbocycles. The zero-order valence-electron chi connectivity index (χ0n) is 19.6. The van der Waals surface area contributed by atoms with Gasteiger partial charge in [-0.25, -0.2) is 0 Å². The van der Waals surface area contributed by atoms with Crippen molar-refractivity contribution in [2.45, 2.75) is 33.2 Å². The summed E-state index contributed by atoms with van der Waals surface area (Å²) in [6.45, 7) is 9.89. The molecule has 7 heteroatoms. The van der Waals surface area contributed by atoms with E-state index in [1.165, 1.54) is 0 Å². The molecule has 0 bridgehead atoms. The summed E-state index contributed by atoms with van der Waals surface area (Å²) in [5, 5.41) is 5.70. The average Bonchev–Trinajstić information content (AvgIpc) is 3.41. The van der Waals surface area contributed by atoms with Crippen molar-refractivity contribution in [1.29, 1.82) is 0 Å². The maximum atomic E-state index is 13.4. The Kier molecular flexibility index (Phi) is 7.13. The Morgan fingerprint density at radius 3 is 2.45 bits per heavy atom. The summed E-state index contributed by atoms with van der Waals surface area (Å²) in [5.74, 6) is 0.0182. The van der Waals surface area contributed by atoms with E-state index in [0.29, 0.717) is 21.8 Å². The zero-order chi connectivity index (χ0) is 23.7. The standard InChI is InChI=1S/C26H30Cl2N4O/c1-5-31(6-2)21-12-13-32(16-21)26(33)24-17(3)25(30(4)29-24)20-9-7-8-18(14-20)19-10-11-22(27)23(28)15-19/h7-11,14-15,21H,5-6,12-13,16H2,1-4H3. The number of amides is 1. The number of nitrogens with zero attached hydrogens (tertiary/aromatic N) is 4. The number of aryl methyl sites for hydroxylation is 1. The summed E-state index contributed by atoms with van der Waals surface area (Å²) in [5.41, 5.74) is 5.41. The second-order valence-electron chi connectivity index (χ2n) is 8.57. The fraction of sp³-hybridized carbons (Fsp3) is 0.385. The van der Waals surface area contributed by atoms with Crippen molar-refractivity contribution in [1.82, 2.24) is 19.6 Å². The molecule has 0 saturated carbocycles. The first-order valence-corrected chi connectivity index (χ1v) is 12.2. The SMILES string of the molecule is CCN(CC)C1CCN(C(=O)c2nn(C)c(-c3cccc(-c4ccc(Cl)c(Cl)c4)c3)c2C)C1. The van der Waals surface area contributed by atoms with Gasteiger partial charge < -0.3 is 4.90 Å². The van der Waals surface area contributed by atoms with Gasteiger partial charge in [0.05, 0.1) is 15.7 Å². The number of benzene rings is 2. The predicted molar refractivity (Wildman–Crippen MR) is 136 cm³/mol. The van der Waals surface area contributed by atoms with Crippen molar-refractivity contribution in [3.05, 3.63) is 63.8 Å². The number of likely N-dealkylation sites (tertiary alicyclic amines) is 1. The van der Waals surface area contributed by atoms with E-state index in [0.717, 1.165) is 60.5 Å². The lowest BCUT2D eigenvalue weighted by Gasteiger charge is -2.26. The number of halogens is 2. The summed E-state index contributed by atoms with van der Waals surface area (Å²) in [4.78, 5) is 17.8. The van der Waals surface area contributed by atoms with Crippen molar-refractivity contribution < 1.29 is 4.79 Å². The molecule has 1 aliphatic heterocycles. The van der Waals surface area contributed by atoms with E-state index in [1.807, 2.05) is 53.9 Å². The highest BCUT2D eigenvalue weighted by atomic mass is 35.5. The van der Waals surface area contributed by atoms with Gasteiger partial charge in [0.2, 0.25) is 0 Å². The monoisotopic (exact) mass is 484 g/mol. The van der Waals surface area contributed by atoms with Crippen LogP contribution in [0, 0.1) is 6.92 Å². The fourth-order valence-corrected chi connectivity index (χ4v) is 5.17. The van der Waals surface area contributed by atoms with Gasteiger partial charge in [-0.15, -0.1) is 0 Å². The summed E-state index contributed by atoms with van der Waals surface area (Å²) < 4.78 is 1.81. The summed E-state index contributed by atoms with van der Waals surface area (Å²) in [7, 11) is 1.90. The molecule has 1 amide bonds. The van der Waals surface area contributed by atoms with Crippen LogP contribution in [0.25, 0.3) is 22.4 Å². The molecular weight excluding hydrogens is 455 g/mol. The Hall–Kier alpha value is -2.34. The maximum Gasteiger partial charge on any atom is 0.274 e. The number of carbonyl (C=O) groups excluding carboxylic acids is 1. The first-order valence-electron chi connectivity index (χ1n) is 11.5. The molecule has 1 aliphatic rings. The van der Waals surface area contributed by atoms with E-state index in [4.69, 9.17) is 23.2 Å². The summed E-state index contributed by atoms with van der Waals surface area (Å²) >= 11 is 12.3. The van der Waals surface area contributed by atoms with E-state index >= 15 is 0 Å². The van der Waals surface area contributed by atoms with Crippen LogP contribution in [0.3, 0.4) is 0 Å². The highest BCUT2D eigenvalue weighted by molar-refractivity contribution is 6.42. The molecule has 1 aromatic heterocycles. The van der Waals surface area contributed by atoms with Crippen LogP contribution in [0.15, 0.2) is 42.5 Å². The average molecular weight is 485 g/mol. The number of hydrogen-bond acceptors (Lipinski definition) is 3. The first-order chi connectivity index (χ1) is 15.8. The highest BCUT2D eigenvalue weighted by Crippen LogP contribution is 2.33. The first kappa shape index (κ1) is 23.8. The topological polar surface area (TPSA) is 41.4 Å². The molecule has 33 heavy (non-hydrogen) atoms. The Labute approximate surface area is 205 Å². The minimum absolute atomic E-state index is 0.0182. The van der Waals surface area contributed by atoms with Gasteiger partial charge >= 0.3 is 0 Å². The number of likely N-dealkylation sites (N-methyl/N-ethyl adjacent to an activating group) is 1. The highest BCUT2D eigenvalue weighted by Gasteiger charge is 2.32. The van der Waals surface area contributed by atoms with E-state index < -0.39 is 0 Å². The molecule has 0 spiro atoms. The molecule has 1 fully saturated rings. The van der Waals surface area contributed by atoms with Gasteiger partial charge in [0.25, 0.3) is 5.91 Å². The van der Waals surface area contributed by atoms with E-state index in [1.54, 1.807) is 6.07 Å². The lowest BCUT2D eigenvalue weighted by atomic mass is 9.99. The van der Waals surface area contributed by atoms with Crippen molar-refractivity contribution in [2.24, 2.45) is 7.05 Å². The van der Waals surface area contributed by atoms with Gasteiger partial charge in [-0.1, -0.05) is 61.3 Å². The molecule has 0 aliphatic carbocycles. The number of aromatic nitrogens is 2. The lowest BCUT2D eigenvalue weighted by Crippen LogP contribution is -2.38. The van der Waals surface area contributed by atoms with Gasteiger partial charge in [-0.2, -0.15) is 5.10 Å². The van der Waals surface area contributed by atoms with Crippen molar-refractivity contribution in [2.75, 3.05) is 26.2 Å². The third-order valence-electron chi connectivity index (χ3n) is 6.65. The molecule has 1 atom stereocenters. The van der Waals surface area contributed by atoms with Crippen molar-refractivity contribution >= 4 is 29.1 Å². The van der Waals surface area contributed by atoms with Crippen LogP contribution < -0.4 is 0 Å². The van der Waals surface area contributed by atoms with Gasteiger partial charge in [0.1, 0.15) is 0 Å².